The van der Waals surface area contributed by atoms with E-state index in [1.54, 1.807) is 29.1 Å². The summed E-state index contributed by atoms with van der Waals surface area (Å²) in [5.41, 5.74) is 1.31. The molecule has 5 rings (SSSR count). The predicted octanol–water partition coefficient (Wildman–Crippen LogP) is 3.87. The van der Waals surface area contributed by atoms with Crippen LogP contribution in [0.25, 0.3) is 11.5 Å². The number of hydrogen-bond acceptors (Lipinski definition) is 5. The van der Waals surface area contributed by atoms with Crippen molar-refractivity contribution in [3.63, 3.8) is 0 Å². The van der Waals surface area contributed by atoms with Crippen molar-refractivity contribution < 1.29 is 27.9 Å². The number of nitrogens with one attached hydrogen (secondary N) is 1. The number of hydrogen-bond donors (Lipinski definition) is 1. The Hall–Kier alpha value is -4.60. The van der Waals surface area contributed by atoms with Crippen LogP contribution < -0.4 is 5.32 Å². The van der Waals surface area contributed by atoms with Gasteiger partial charge in [-0.05, 0) is 60.5 Å². The number of carbonyl (C=O) groups is 3. The number of aromatic nitrogens is 3. The first-order valence-corrected chi connectivity index (χ1v) is 10.7. The molecule has 35 heavy (non-hydrogen) atoms. The minimum Gasteiger partial charge on any atom is -0.454 e. The van der Waals surface area contributed by atoms with Crippen LogP contribution in [-0.4, -0.2) is 38.6 Å². The van der Waals surface area contributed by atoms with Crippen molar-refractivity contribution in [2.24, 2.45) is 0 Å². The molecule has 0 bridgehead atoms. The lowest BCUT2D eigenvalue weighted by Crippen LogP contribution is -2.21. The van der Waals surface area contributed by atoms with Crippen molar-refractivity contribution >= 4 is 23.3 Å². The summed E-state index contributed by atoms with van der Waals surface area (Å²) in [4.78, 5) is 37.1. The summed E-state index contributed by atoms with van der Waals surface area (Å²) in [7, 11) is 0. The molecule has 0 unspecified atom stereocenters. The second-order valence-electron chi connectivity index (χ2n) is 7.90. The molecule has 0 atom stereocenters. The van der Waals surface area contributed by atoms with Crippen LogP contribution in [-0.2, 0) is 16.0 Å². The number of rotatable bonds is 6. The Balaban J connectivity index is 1.38. The molecule has 8 nitrogen and oxygen atoms in total. The molecule has 4 aromatic rings. The number of anilines is 1. The predicted molar refractivity (Wildman–Crippen MR) is 121 cm³/mol. The summed E-state index contributed by atoms with van der Waals surface area (Å²) in [6.07, 6.45) is 5.29. The summed E-state index contributed by atoms with van der Waals surface area (Å²) in [6, 6.07) is 11.5. The lowest BCUT2D eigenvalue weighted by Gasteiger charge is -2.18. The monoisotopic (exact) mass is 476 g/mol. The van der Waals surface area contributed by atoms with Gasteiger partial charge in [0, 0.05) is 24.5 Å². The molecule has 176 valence electrons. The van der Waals surface area contributed by atoms with Gasteiger partial charge < -0.3 is 14.6 Å². The van der Waals surface area contributed by atoms with Crippen LogP contribution in [0.1, 0.15) is 32.7 Å². The molecule has 1 aliphatic heterocycles. The molecule has 1 N–H and O–H groups in total. The van der Waals surface area contributed by atoms with Gasteiger partial charge in [0.1, 0.15) is 17.2 Å². The molecule has 0 aliphatic carbocycles. The quantitative estimate of drug-likeness (QED) is 0.337. The zero-order valence-electron chi connectivity index (χ0n) is 18.2. The van der Waals surface area contributed by atoms with E-state index in [1.807, 2.05) is 0 Å². The van der Waals surface area contributed by atoms with E-state index in [9.17, 15) is 23.2 Å². The zero-order chi connectivity index (χ0) is 24.5. The fourth-order valence-corrected chi connectivity index (χ4v) is 3.88. The second kappa shape index (κ2) is 8.98. The summed E-state index contributed by atoms with van der Waals surface area (Å²) >= 11 is 0. The van der Waals surface area contributed by atoms with Crippen LogP contribution in [0.2, 0.25) is 0 Å². The number of nitrogens with zero attached hydrogens (tertiary/aromatic N) is 3. The van der Waals surface area contributed by atoms with Gasteiger partial charge in [0.15, 0.2) is 12.4 Å². The molecule has 0 spiro atoms. The third-order valence-corrected chi connectivity index (χ3v) is 5.61. The Labute approximate surface area is 197 Å². The topological polar surface area (TPSA) is 95.2 Å². The number of ketones is 1. The van der Waals surface area contributed by atoms with E-state index in [0.29, 0.717) is 29.2 Å². The van der Waals surface area contributed by atoms with E-state index in [0.717, 1.165) is 6.07 Å². The van der Waals surface area contributed by atoms with Gasteiger partial charge in [-0.25, -0.2) is 18.3 Å². The second-order valence-corrected chi connectivity index (χ2v) is 7.90. The highest BCUT2D eigenvalue weighted by molar-refractivity contribution is 6.01. The Morgan fingerprint density at radius 2 is 1.77 bits per heavy atom. The van der Waals surface area contributed by atoms with Gasteiger partial charge in [0.2, 0.25) is 11.7 Å². The minimum atomic E-state index is -0.832. The fraction of sp³-hybridized carbons (Fsp3) is 0.120. The smallest absolute Gasteiger partial charge is 0.344 e. The Morgan fingerprint density at radius 1 is 1.03 bits per heavy atom. The largest absolute Gasteiger partial charge is 0.454 e. The lowest BCUT2D eigenvalue weighted by atomic mass is 9.98. The average molecular weight is 476 g/mol. The molecular formula is C25H18F2N4O4. The van der Waals surface area contributed by atoms with Crippen LogP contribution in [0.4, 0.5) is 14.5 Å². The van der Waals surface area contributed by atoms with Crippen molar-refractivity contribution in [1.82, 2.24) is 14.3 Å². The van der Waals surface area contributed by atoms with Crippen LogP contribution in [0.3, 0.4) is 0 Å². The molecular weight excluding hydrogens is 458 g/mol. The third-order valence-electron chi connectivity index (χ3n) is 5.61. The van der Waals surface area contributed by atoms with Crippen molar-refractivity contribution in [3.8, 4) is 11.5 Å². The number of amides is 1. The Kier molecular flexibility index (Phi) is 5.69. The van der Waals surface area contributed by atoms with Crippen molar-refractivity contribution in [1.29, 1.82) is 0 Å². The number of Topliss-reactive ketones (excluding diaryl/α,β-unsaturated/α-hetero) is 1. The maximum atomic E-state index is 14.5. The maximum absolute atomic E-state index is 14.5. The highest BCUT2D eigenvalue weighted by Gasteiger charge is 2.24. The summed E-state index contributed by atoms with van der Waals surface area (Å²) in [5, 5.41) is 6.81. The first-order chi connectivity index (χ1) is 16.9. The van der Waals surface area contributed by atoms with Gasteiger partial charge in [-0.2, -0.15) is 5.10 Å². The zero-order valence-corrected chi connectivity index (χ0v) is 18.2. The molecule has 1 amide bonds. The number of halogens is 2. The maximum Gasteiger partial charge on any atom is 0.344 e. The molecule has 2 aromatic heterocycles. The van der Waals surface area contributed by atoms with E-state index < -0.39 is 30.0 Å². The first kappa shape index (κ1) is 22.2. The summed E-state index contributed by atoms with van der Waals surface area (Å²) in [5.74, 6) is -2.67. The van der Waals surface area contributed by atoms with Crippen molar-refractivity contribution in [3.05, 3.63) is 95.4 Å². The fourth-order valence-electron chi connectivity index (χ4n) is 3.88. The standard InChI is InChI=1S/C25H18F2N4O4/c26-16-4-6-17(7-5-16)31-24(30-9-1-2-10-30)19(13-28-31)25(34)35-14-22(32)18-11-15-3-8-23(33)29-21(15)12-20(18)27/h1-2,4-7,9-13H,3,8,14H2,(H,29,33). The highest BCUT2D eigenvalue weighted by atomic mass is 19.1. The van der Waals surface area contributed by atoms with Gasteiger partial charge in [-0.3, -0.25) is 9.59 Å². The van der Waals surface area contributed by atoms with Crippen molar-refractivity contribution in [2.45, 2.75) is 12.8 Å². The lowest BCUT2D eigenvalue weighted by molar-refractivity contribution is -0.116. The first-order valence-electron chi connectivity index (χ1n) is 10.7. The average Bonchev–Trinajstić information content (AvgIpc) is 3.52. The number of aryl methyl sites for hydroxylation is 1. The van der Waals surface area contributed by atoms with Gasteiger partial charge in [-0.15, -0.1) is 0 Å². The van der Waals surface area contributed by atoms with Crippen LogP contribution in [0.15, 0.2) is 67.1 Å². The van der Waals surface area contributed by atoms with Gasteiger partial charge in [0.25, 0.3) is 0 Å². The summed E-state index contributed by atoms with van der Waals surface area (Å²) in [6.45, 7) is -0.687. The summed E-state index contributed by atoms with van der Waals surface area (Å²) < 4.78 is 36.2. The third kappa shape index (κ3) is 4.33. The molecule has 0 radical (unpaired) electrons. The van der Waals surface area contributed by atoms with Crippen LogP contribution in [0, 0.1) is 11.6 Å². The van der Waals surface area contributed by atoms with E-state index >= 15 is 0 Å². The molecule has 0 fully saturated rings. The molecule has 3 heterocycles. The van der Waals surface area contributed by atoms with E-state index in [4.69, 9.17) is 4.74 Å². The SMILES string of the molecule is O=C1CCc2cc(C(=O)COC(=O)c3cnn(-c4ccc(F)cc4)c3-n3cccc3)c(F)cc2N1. The molecule has 10 heteroatoms. The number of carbonyl (C=O) groups excluding carboxylic acids is 3. The number of esters is 1. The van der Waals surface area contributed by atoms with E-state index in [2.05, 4.69) is 10.4 Å². The molecule has 1 aliphatic rings. The van der Waals surface area contributed by atoms with Gasteiger partial charge in [0.05, 0.1) is 17.4 Å². The normalized spacial score (nSPS) is 12.7. The number of fused-ring (bicyclic) bond motifs is 1. The minimum absolute atomic E-state index is 0.0620. The van der Waals surface area contributed by atoms with E-state index in [-0.39, 0.29) is 23.5 Å². The Bertz CT molecular complexity index is 1440. The molecule has 0 saturated heterocycles. The van der Waals surface area contributed by atoms with Gasteiger partial charge in [-0.1, -0.05) is 0 Å². The van der Waals surface area contributed by atoms with Crippen LogP contribution >= 0.6 is 0 Å². The highest BCUT2D eigenvalue weighted by Crippen LogP contribution is 2.26. The number of benzene rings is 2. The molecule has 2 aromatic carbocycles. The molecule has 0 saturated carbocycles. The Morgan fingerprint density at radius 3 is 2.51 bits per heavy atom. The number of ether oxygens (including phenoxy) is 1. The van der Waals surface area contributed by atoms with Crippen LogP contribution in [0.5, 0.6) is 0 Å². The van der Waals surface area contributed by atoms with Gasteiger partial charge >= 0.3 is 5.97 Å². The van der Waals surface area contributed by atoms with E-state index in [1.165, 1.54) is 41.2 Å². The van der Waals surface area contributed by atoms with Crippen molar-refractivity contribution in [2.75, 3.05) is 11.9 Å².